The summed E-state index contributed by atoms with van der Waals surface area (Å²) in [6.07, 6.45) is -3.58. The summed E-state index contributed by atoms with van der Waals surface area (Å²) in [7, 11) is 0. The van der Waals surface area contributed by atoms with Crippen molar-refractivity contribution in [3.63, 3.8) is 0 Å². The van der Waals surface area contributed by atoms with E-state index in [4.69, 9.17) is 18.9 Å². The van der Waals surface area contributed by atoms with Crippen LogP contribution in [-0.4, -0.2) is 110 Å². The number of rotatable bonds is 8. The van der Waals surface area contributed by atoms with E-state index in [1.807, 2.05) is 0 Å². The molecule has 5 fully saturated rings. The molecule has 0 bridgehead atoms. The summed E-state index contributed by atoms with van der Waals surface area (Å²) in [4.78, 5) is 34.8. The van der Waals surface area contributed by atoms with Gasteiger partial charge in [-0.3, -0.25) is 19.5 Å². The van der Waals surface area contributed by atoms with Gasteiger partial charge in [0.05, 0.1) is 13.2 Å². The van der Waals surface area contributed by atoms with Crippen LogP contribution in [0.1, 0.15) is 48.7 Å². The molecule has 6 heterocycles. The van der Waals surface area contributed by atoms with Crippen LogP contribution in [0.4, 0.5) is 27.6 Å². The first-order chi connectivity index (χ1) is 23.2. The van der Waals surface area contributed by atoms with Crippen molar-refractivity contribution in [1.82, 2.24) is 14.8 Å². The van der Waals surface area contributed by atoms with Gasteiger partial charge in [0.25, 0.3) is 11.8 Å². The number of benzene rings is 1. The van der Waals surface area contributed by atoms with Gasteiger partial charge in [-0.15, -0.1) is 0 Å². The van der Waals surface area contributed by atoms with Crippen molar-refractivity contribution in [3.05, 3.63) is 53.4 Å². The first kappa shape index (κ1) is 34.1. The smallest absolute Gasteiger partial charge is 0.417 e. The van der Waals surface area contributed by atoms with Gasteiger partial charge in [0, 0.05) is 86.1 Å². The Bertz CT molecular complexity index is 1600. The monoisotopic (exact) mass is 694 g/mol. The van der Waals surface area contributed by atoms with Gasteiger partial charge in [-0.1, -0.05) is 13.0 Å². The summed E-state index contributed by atoms with van der Waals surface area (Å²) in [5.74, 6) is -7.26. The van der Waals surface area contributed by atoms with Crippen LogP contribution < -0.4 is 10.1 Å². The first-order valence-corrected chi connectivity index (χ1v) is 16.5. The van der Waals surface area contributed by atoms with Gasteiger partial charge in [0.2, 0.25) is 5.82 Å². The molecule has 7 rings (SSSR count). The Morgan fingerprint density at radius 3 is 2.35 bits per heavy atom. The number of nitrogens with zero attached hydrogens (tertiary/aromatic N) is 3. The highest BCUT2D eigenvalue weighted by Crippen LogP contribution is 2.55. The van der Waals surface area contributed by atoms with E-state index in [2.05, 4.69) is 15.2 Å². The predicted octanol–water partition coefficient (Wildman–Crippen LogP) is 4.40. The van der Waals surface area contributed by atoms with Crippen molar-refractivity contribution in [2.75, 3.05) is 71.1 Å². The average molecular weight is 695 g/mol. The summed E-state index contributed by atoms with van der Waals surface area (Å²) in [5.41, 5.74) is -2.72. The molecule has 5 saturated heterocycles. The number of carbonyl (C=O) groups excluding carboxylic acids is 2. The lowest BCUT2D eigenvalue weighted by atomic mass is 9.77. The molecule has 2 aromatic rings. The average Bonchev–Trinajstić information content (AvgIpc) is 3.78. The van der Waals surface area contributed by atoms with E-state index in [1.54, 1.807) is 4.90 Å². The SMILES string of the molecule is C[C@H]1[C@@H](c2ccc(F)c(F)c2OCCN2CC3(CCOC3)C2)[C@H](C(=O)Nc2ccnc(C(=O)N3CC4(CCOC4)C3)c2)O[C@@]1(C)C(F)(F)F. The quantitative estimate of drug-likeness (QED) is 0.406. The molecule has 15 heteroatoms. The van der Waals surface area contributed by atoms with Crippen LogP contribution in [-0.2, 0) is 19.0 Å². The molecule has 266 valence electrons. The molecule has 2 spiro atoms. The molecule has 4 atom stereocenters. The molecule has 0 aliphatic carbocycles. The Labute approximate surface area is 280 Å². The second kappa shape index (κ2) is 12.4. The number of alkyl halides is 3. The zero-order chi connectivity index (χ0) is 34.8. The molecule has 0 saturated carbocycles. The first-order valence-electron chi connectivity index (χ1n) is 16.5. The van der Waals surface area contributed by atoms with Crippen LogP contribution >= 0.6 is 0 Å². The molecule has 5 aliphatic rings. The van der Waals surface area contributed by atoms with Crippen molar-refractivity contribution in [2.24, 2.45) is 16.7 Å². The largest absolute Gasteiger partial charge is 0.489 e. The molecule has 1 aromatic heterocycles. The lowest BCUT2D eigenvalue weighted by Gasteiger charge is -2.47. The maximum absolute atomic E-state index is 15.4. The van der Waals surface area contributed by atoms with Crippen LogP contribution in [0.5, 0.6) is 5.75 Å². The van der Waals surface area contributed by atoms with Crippen molar-refractivity contribution in [1.29, 1.82) is 0 Å². The van der Waals surface area contributed by atoms with E-state index in [-0.39, 0.29) is 40.3 Å². The van der Waals surface area contributed by atoms with Crippen molar-refractivity contribution in [3.8, 4) is 5.75 Å². The van der Waals surface area contributed by atoms with Gasteiger partial charge < -0.3 is 29.2 Å². The molecule has 1 N–H and O–H groups in total. The minimum absolute atomic E-state index is 0.0498. The van der Waals surface area contributed by atoms with Crippen LogP contribution in [0.3, 0.4) is 0 Å². The second-order valence-electron chi connectivity index (χ2n) is 14.5. The molecule has 5 aliphatic heterocycles. The fourth-order valence-corrected chi connectivity index (χ4v) is 8.02. The highest BCUT2D eigenvalue weighted by Gasteiger charge is 2.66. The number of nitrogens with one attached hydrogen (secondary N) is 1. The number of ether oxygens (including phenoxy) is 4. The van der Waals surface area contributed by atoms with Gasteiger partial charge in [-0.05, 0) is 38.0 Å². The van der Waals surface area contributed by atoms with Gasteiger partial charge in [-0.2, -0.15) is 17.6 Å². The van der Waals surface area contributed by atoms with Crippen LogP contribution in [0, 0.1) is 28.4 Å². The molecule has 49 heavy (non-hydrogen) atoms. The van der Waals surface area contributed by atoms with E-state index in [0.717, 1.165) is 45.0 Å². The summed E-state index contributed by atoms with van der Waals surface area (Å²) < 4.78 is 95.8. The third-order valence-corrected chi connectivity index (χ3v) is 11.1. The summed E-state index contributed by atoms with van der Waals surface area (Å²) in [6, 6.07) is 4.70. The van der Waals surface area contributed by atoms with Gasteiger partial charge in [0.1, 0.15) is 18.4 Å². The Hall–Kier alpha value is -3.40. The number of carbonyl (C=O) groups is 2. The molecular weight excluding hydrogens is 655 g/mol. The number of hydrogen-bond donors (Lipinski definition) is 1. The number of amides is 2. The number of pyridine rings is 1. The van der Waals surface area contributed by atoms with Crippen molar-refractivity contribution >= 4 is 17.5 Å². The summed E-state index contributed by atoms with van der Waals surface area (Å²) in [5, 5.41) is 2.57. The Morgan fingerprint density at radius 2 is 1.71 bits per heavy atom. The fourth-order valence-electron chi connectivity index (χ4n) is 8.02. The van der Waals surface area contributed by atoms with Crippen LogP contribution in [0.25, 0.3) is 0 Å². The standard InChI is InChI=1S/C34H39F5N4O6/c1-20-25(22-3-4-23(35)26(36)27(22)48-12-9-42-14-32(15-42)6-10-46-18-32)28(49-31(20,2)34(37,38)39)29(44)41-21-5-8-40-24(13-21)30(45)43-16-33(17-43)7-11-47-19-33/h3-5,8,13,20,25,28H,6-7,9-12,14-19H2,1-2H3,(H,40,41,44)/t20-,25-,28+,31+/m0/s1. The molecule has 0 radical (unpaired) electrons. The normalized spacial score (nSPS) is 28.9. The lowest BCUT2D eigenvalue weighted by molar-refractivity contribution is -0.272. The summed E-state index contributed by atoms with van der Waals surface area (Å²) >= 11 is 0. The van der Waals surface area contributed by atoms with E-state index < -0.39 is 53.0 Å². The third kappa shape index (κ3) is 6.06. The number of halogens is 5. The molecule has 1 aromatic carbocycles. The lowest BCUT2D eigenvalue weighted by Crippen LogP contribution is -2.58. The number of hydrogen-bond acceptors (Lipinski definition) is 8. The Morgan fingerprint density at radius 1 is 1.04 bits per heavy atom. The van der Waals surface area contributed by atoms with Crippen molar-refractivity contribution in [2.45, 2.75) is 50.5 Å². The maximum atomic E-state index is 15.4. The van der Waals surface area contributed by atoms with E-state index in [1.165, 1.54) is 25.3 Å². The number of aromatic nitrogens is 1. The van der Waals surface area contributed by atoms with Crippen LogP contribution in [0.15, 0.2) is 30.5 Å². The molecule has 0 unspecified atom stereocenters. The second-order valence-corrected chi connectivity index (χ2v) is 14.5. The van der Waals surface area contributed by atoms with Gasteiger partial charge in [0.15, 0.2) is 17.2 Å². The predicted molar refractivity (Wildman–Crippen MR) is 164 cm³/mol. The Balaban J connectivity index is 1.10. The zero-order valence-corrected chi connectivity index (χ0v) is 27.3. The molecular formula is C34H39F5N4O6. The van der Waals surface area contributed by atoms with Crippen LogP contribution in [0.2, 0.25) is 0 Å². The van der Waals surface area contributed by atoms with Gasteiger partial charge in [-0.25, -0.2) is 4.39 Å². The maximum Gasteiger partial charge on any atom is 0.417 e. The molecule has 10 nitrogen and oxygen atoms in total. The van der Waals surface area contributed by atoms with Gasteiger partial charge >= 0.3 is 6.18 Å². The van der Waals surface area contributed by atoms with E-state index >= 15 is 4.39 Å². The number of anilines is 1. The fraction of sp³-hybridized carbons (Fsp3) is 0.618. The molecule has 2 amide bonds. The summed E-state index contributed by atoms with van der Waals surface area (Å²) in [6.45, 7) is 7.58. The topological polar surface area (TPSA) is 102 Å². The Kier molecular flexibility index (Phi) is 8.64. The highest BCUT2D eigenvalue weighted by atomic mass is 19.4. The third-order valence-electron chi connectivity index (χ3n) is 11.1. The minimum Gasteiger partial charge on any atom is -0.489 e. The number of likely N-dealkylation sites (tertiary alicyclic amines) is 2. The zero-order valence-electron chi connectivity index (χ0n) is 27.3. The highest BCUT2D eigenvalue weighted by molar-refractivity contribution is 5.98. The van der Waals surface area contributed by atoms with E-state index in [0.29, 0.717) is 46.1 Å². The van der Waals surface area contributed by atoms with Crippen molar-refractivity contribution < 1.29 is 50.5 Å². The van der Waals surface area contributed by atoms with E-state index in [9.17, 15) is 27.2 Å². The minimum atomic E-state index is -4.91.